The third-order valence-corrected chi connectivity index (χ3v) is 7.34. The Hall–Kier alpha value is -1.20. The Morgan fingerprint density at radius 3 is 2.55 bits per heavy atom. The standard InChI is InChI=1S/C23H32F2N2O.C2H5Cl/c1-16-10-17-12-21(2,20(28)27-19-8-9-26-15-23(19,24)25)14-22(11-16,13-17)18-6-4-3-5-7-18;1-2-3/h3-7,16-17,19,26H,8-15H2,1-2H3,(H,27,28);2H2,1H3. The van der Waals surface area contributed by atoms with Gasteiger partial charge in [0.1, 0.15) is 0 Å². The molecule has 3 fully saturated rings. The molecule has 0 aromatic heterocycles. The zero-order chi connectivity index (χ0) is 22.7. The third-order valence-electron chi connectivity index (χ3n) is 7.34. The molecule has 1 aliphatic heterocycles. The van der Waals surface area contributed by atoms with Gasteiger partial charge in [-0.15, -0.1) is 11.6 Å². The molecule has 2 saturated carbocycles. The molecule has 0 radical (unpaired) electrons. The fraction of sp³-hybridized carbons (Fsp3) is 0.720. The van der Waals surface area contributed by atoms with Gasteiger partial charge >= 0.3 is 0 Å². The van der Waals surface area contributed by atoms with Crippen LogP contribution in [0, 0.1) is 17.3 Å². The largest absolute Gasteiger partial charge is 0.347 e. The predicted octanol–water partition coefficient (Wildman–Crippen LogP) is 5.52. The average molecular weight is 455 g/mol. The smallest absolute Gasteiger partial charge is 0.280 e. The first kappa shape index (κ1) is 24.4. The monoisotopic (exact) mass is 454 g/mol. The minimum atomic E-state index is -2.89. The molecule has 1 heterocycles. The van der Waals surface area contributed by atoms with E-state index < -0.39 is 17.4 Å². The predicted molar refractivity (Wildman–Crippen MR) is 123 cm³/mol. The van der Waals surface area contributed by atoms with Gasteiger partial charge in [0.15, 0.2) is 0 Å². The summed E-state index contributed by atoms with van der Waals surface area (Å²) < 4.78 is 28.5. The Bertz CT molecular complexity index is 742. The number of hydrogen-bond donors (Lipinski definition) is 2. The van der Waals surface area contributed by atoms with E-state index in [0.717, 1.165) is 38.0 Å². The maximum atomic E-state index is 14.3. The van der Waals surface area contributed by atoms with Crippen LogP contribution in [0.25, 0.3) is 0 Å². The maximum absolute atomic E-state index is 14.3. The van der Waals surface area contributed by atoms with Crippen LogP contribution in [0.4, 0.5) is 8.78 Å². The van der Waals surface area contributed by atoms with Gasteiger partial charge in [0.25, 0.3) is 5.92 Å². The number of carbonyl (C=O) groups is 1. The number of nitrogens with one attached hydrogen (secondary N) is 2. The summed E-state index contributed by atoms with van der Waals surface area (Å²) in [7, 11) is 0. The van der Waals surface area contributed by atoms with Crippen molar-refractivity contribution in [2.45, 2.75) is 76.7 Å². The van der Waals surface area contributed by atoms with Crippen molar-refractivity contribution in [2.75, 3.05) is 19.0 Å². The van der Waals surface area contributed by atoms with E-state index in [0.29, 0.717) is 18.4 Å². The summed E-state index contributed by atoms with van der Waals surface area (Å²) in [6.07, 6.45) is 5.12. The molecule has 2 aliphatic carbocycles. The fourth-order valence-corrected chi connectivity index (χ4v) is 6.44. The van der Waals surface area contributed by atoms with Crippen molar-refractivity contribution in [1.82, 2.24) is 10.6 Å². The van der Waals surface area contributed by atoms with E-state index in [1.165, 1.54) is 5.56 Å². The Balaban J connectivity index is 0.000000858. The molecule has 2 N–H and O–H groups in total. The minimum Gasteiger partial charge on any atom is -0.347 e. The summed E-state index contributed by atoms with van der Waals surface area (Å²) in [5.41, 5.74) is 0.683. The lowest BCUT2D eigenvalue weighted by atomic mass is 9.50. The average Bonchev–Trinajstić information content (AvgIpc) is 2.69. The molecule has 2 bridgehead atoms. The number of carbonyl (C=O) groups excluding carboxylic acids is 1. The highest BCUT2D eigenvalue weighted by molar-refractivity contribution is 6.17. The molecule has 6 heteroatoms. The van der Waals surface area contributed by atoms with Crippen LogP contribution in [0.1, 0.15) is 64.9 Å². The normalized spacial score (nSPS) is 36.6. The van der Waals surface area contributed by atoms with Crippen molar-refractivity contribution in [1.29, 1.82) is 0 Å². The van der Waals surface area contributed by atoms with Crippen molar-refractivity contribution < 1.29 is 13.6 Å². The SMILES string of the molecule is CC1CC2CC(C)(C(=O)NC3CCNCC3(F)F)CC(c3ccccc3)(C1)C2.CCCl. The van der Waals surface area contributed by atoms with Crippen molar-refractivity contribution in [3.05, 3.63) is 35.9 Å². The molecule has 1 amide bonds. The number of hydrogen-bond acceptors (Lipinski definition) is 2. The highest BCUT2D eigenvalue weighted by Gasteiger charge is 2.54. The molecule has 5 unspecified atom stereocenters. The Morgan fingerprint density at radius 2 is 1.90 bits per heavy atom. The first-order valence-electron chi connectivity index (χ1n) is 11.6. The van der Waals surface area contributed by atoms with Gasteiger partial charge in [0.2, 0.25) is 5.91 Å². The van der Waals surface area contributed by atoms with E-state index in [1.54, 1.807) is 0 Å². The van der Waals surface area contributed by atoms with Crippen molar-refractivity contribution >= 4 is 17.5 Å². The van der Waals surface area contributed by atoms with E-state index in [1.807, 2.05) is 19.9 Å². The molecule has 31 heavy (non-hydrogen) atoms. The number of rotatable bonds is 3. The highest BCUT2D eigenvalue weighted by Crippen LogP contribution is 2.58. The molecule has 3 nitrogen and oxygen atoms in total. The second kappa shape index (κ2) is 9.74. The maximum Gasteiger partial charge on any atom is 0.280 e. The lowest BCUT2D eigenvalue weighted by Gasteiger charge is -2.54. The fourth-order valence-electron chi connectivity index (χ4n) is 6.44. The summed E-state index contributed by atoms with van der Waals surface area (Å²) >= 11 is 5.00. The van der Waals surface area contributed by atoms with Crippen molar-refractivity contribution in [3.63, 3.8) is 0 Å². The summed E-state index contributed by atoms with van der Waals surface area (Å²) in [6, 6.07) is 9.46. The quantitative estimate of drug-likeness (QED) is 0.590. The Morgan fingerprint density at radius 1 is 1.23 bits per heavy atom. The summed E-state index contributed by atoms with van der Waals surface area (Å²) in [6.45, 7) is 6.36. The van der Waals surface area contributed by atoms with Gasteiger partial charge in [-0.05, 0) is 67.9 Å². The van der Waals surface area contributed by atoms with E-state index in [2.05, 4.69) is 41.8 Å². The molecule has 174 valence electrons. The summed E-state index contributed by atoms with van der Waals surface area (Å²) in [4.78, 5) is 13.3. The van der Waals surface area contributed by atoms with Gasteiger partial charge in [0.05, 0.1) is 12.6 Å². The van der Waals surface area contributed by atoms with Gasteiger partial charge in [-0.25, -0.2) is 8.78 Å². The Labute approximate surface area is 190 Å². The lowest BCUT2D eigenvalue weighted by Crippen LogP contribution is -2.60. The molecule has 5 atom stereocenters. The van der Waals surface area contributed by atoms with E-state index in [4.69, 9.17) is 11.6 Å². The van der Waals surface area contributed by atoms with Gasteiger partial charge in [0, 0.05) is 11.3 Å². The van der Waals surface area contributed by atoms with Crippen LogP contribution in [-0.2, 0) is 10.2 Å². The van der Waals surface area contributed by atoms with E-state index in [9.17, 15) is 13.6 Å². The van der Waals surface area contributed by atoms with Crippen LogP contribution >= 0.6 is 11.6 Å². The van der Waals surface area contributed by atoms with Crippen LogP contribution in [0.2, 0.25) is 0 Å². The number of alkyl halides is 3. The summed E-state index contributed by atoms with van der Waals surface area (Å²) in [5.74, 6) is -1.25. The van der Waals surface area contributed by atoms with Gasteiger partial charge in [-0.1, -0.05) is 51.1 Å². The second-order valence-electron chi connectivity index (χ2n) is 10.2. The zero-order valence-electron chi connectivity index (χ0n) is 19.0. The van der Waals surface area contributed by atoms with E-state index in [-0.39, 0.29) is 24.3 Å². The number of piperidine rings is 1. The van der Waals surface area contributed by atoms with Gasteiger partial charge in [-0.3, -0.25) is 4.79 Å². The molecule has 3 aliphatic rings. The molecule has 1 aromatic rings. The van der Waals surface area contributed by atoms with Crippen LogP contribution in [0.5, 0.6) is 0 Å². The molecular weight excluding hydrogens is 418 g/mol. The number of fused-ring (bicyclic) bond motifs is 2. The molecular formula is C25H37ClF2N2O. The number of amides is 1. The van der Waals surface area contributed by atoms with Crippen LogP contribution in [0.3, 0.4) is 0 Å². The van der Waals surface area contributed by atoms with E-state index >= 15 is 0 Å². The topological polar surface area (TPSA) is 41.1 Å². The molecule has 0 spiro atoms. The first-order chi connectivity index (χ1) is 14.6. The van der Waals surface area contributed by atoms with Crippen molar-refractivity contribution in [2.24, 2.45) is 17.3 Å². The van der Waals surface area contributed by atoms with Crippen LogP contribution < -0.4 is 10.6 Å². The van der Waals surface area contributed by atoms with Gasteiger partial charge in [-0.2, -0.15) is 0 Å². The number of benzene rings is 1. The second-order valence-corrected chi connectivity index (χ2v) is 10.8. The summed E-state index contributed by atoms with van der Waals surface area (Å²) in [5, 5.41) is 5.49. The third kappa shape index (κ3) is 5.42. The molecule has 4 rings (SSSR count). The van der Waals surface area contributed by atoms with Crippen LogP contribution in [-0.4, -0.2) is 36.8 Å². The highest BCUT2D eigenvalue weighted by atomic mass is 35.5. The molecule has 1 aromatic carbocycles. The number of halogens is 3. The van der Waals surface area contributed by atoms with Gasteiger partial charge < -0.3 is 10.6 Å². The zero-order valence-corrected chi connectivity index (χ0v) is 19.8. The van der Waals surface area contributed by atoms with Crippen molar-refractivity contribution in [3.8, 4) is 0 Å². The lowest BCUT2D eigenvalue weighted by molar-refractivity contribution is -0.142. The van der Waals surface area contributed by atoms with Crippen LogP contribution in [0.15, 0.2) is 30.3 Å². The molecule has 1 saturated heterocycles. The first-order valence-corrected chi connectivity index (χ1v) is 12.2. The minimum absolute atomic E-state index is 0.0232. The Kier molecular flexibility index (Phi) is 7.68.